The van der Waals surface area contributed by atoms with Crippen LogP contribution in [0.1, 0.15) is 37.5 Å². The van der Waals surface area contributed by atoms with E-state index in [4.69, 9.17) is 5.11 Å². The lowest BCUT2D eigenvalue weighted by Gasteiger charge is -2.08. The van der Waals surface area contributed by atoms with Crippen LogP contribution in [0.5, 0.6) is 0 Å². The zero-order valence-corrected chi connectivity index (χ0v) is 17.1. The summed E-state index contributed by atoms with van der Waals surface area (Å²) in [5.74, 6) is -1.45. The second-order valence-electron chi connectivity index (χ2n) is 7.40. The predicted octanol–water partition coefficient (Wildman–Crippen LogP) is 4.73. The molecular formula is C24H18F3N3O3. The Morgan fingerprint density at radius 2 is 1.55 bits per heavy atom. The van der Waals surface area contributed by atoms with Gasteiger partial charge >= 0.3 is 12.1 Å². The molecule has 9 heteroatoms. The summed E-state index contributed by atoms with van der Waals surface area (Å²) >= 11 is 0. The highest BCUT2D eigenvalue weighted by atomic mass is 19.4. The van der Waals surface area contributed by atoms with Crippen molar-refractivity contribution in [2.75, 3.05) is 0 Å². The number of alkyl halides is 3. The lowest BCUT2D eigenvalue weighted by molar-refractivity contribution is -0.137. The molecule has 0 aliphatic rings. The molecule has 168 valence electrons. The van der Waals surface area contributed by atoms with Gasteiger partial charge in [0.05, 0.1) is 23.2 Å². The number of halogens is 3. The number of fused-ring (bicyclic) bond motifs is 1. The van der Waals surface area contributed by atoms with E-state index in [9.17, 15) is 22.8 Å². The van der Waals surface area contributed by atoms with Crippen LogP contribution in [0, 0.1) is 0 Å². The molecule has 0 saturated carbocycles. The minimum atomic E-state index is -4.41. The number of hydrogen-bond acceptors (Lipinski definition) is 3. The molecule has 0 bridgehead atoms. The fourth-order valence-electron chi connectivity index (χ4n) is 3.42. The van der Waals surface area contributed by atoms with Crippen molar-refractivity contribution in [2.45, 2.75) is 19.3 Å². The fraction of sp³-hybridized carbons (Fsp3) is 0.125. The number of carbonyl (C=O) groups excluding carboxylic acids is 1. The van der Waals surface area contributed by atoms with Crippen molar-refractivity contribution in [1.29, 1.82) is 0 Å². The molecule has 1 aromatic heterocycles. The number of carboxylic acids is 1. The number of nitrogens with zero attached hydrogens (tertiary/aromatic N) is 2. The van der Waals surface area contributed by atoms with Gasteiger partial charge in [0.1, 0.15) is 0 Å². The van der Waals surface area contributed by atoms with E-state index in [2.05, 4.69) is 10.4 Å². The number of hydrogen-bond donors (Lipinski definition) is 2. The Balaban J connectivity index is 1.54. The van der Waals surface area contributed by atoms with E-state index in [-0.39, 0.29) is 24.3 Å². The monoisotopic (exact) mass is 453 g/mol. The molecule has 2 N–H and O–H groups in total. The van der Waals surface area contributed by atoms with Gasteiger partial charge in [-0.05, 0) is 41.5 Å². The Morgan fingerprint density at radius 3 is 2.18 bits per heavy atom. The second-order valence-corrected chi connectivity index (χ2v) is 7.40. The zero-order chi connectivity index (χ0) is 23.6. The normalized spacial score (nSPS) is 11.5. The molecule has 6 nitrogen and oxygen atoms in total. The molecule has 0 spiro atoms. The molecule has 0 fully saturated rings. The van der Waals surface area contributed by atoms with Crippen LogP contribution in [0.2, 0.25) is 0 Å². The lowest BCUT2D eigenvalue weighted by Crippen LogP contribution is -2.23. The van der Waals surface area contributed by atoms with Gasteiger partial charge in [-0.25, -0.2) is 4.79 Å². The largest absolute Gasteiger partial charge is 0.478 e. The van der Waals surface area contributed by atoms with E-state index in [0.717, 1.165) is 17.7 Å². The SMILES string of the molecule is O=C(O)c1ccc(CNC(=O)c2nn(Cc3ccc(C(F)(F)F)cc3)c3ccccc23)cc1. The summed E-state index contributed by atoms with van der Waals surface area (Å²) in [5.41, 5.74) is 1.63. The number of aromatic carboxylic acids is 1. The number of carboxylic acid groups (broad SMARTS) is 1. The molecule has 0 aliphatic carbocycles. The van der Waals surface area contributed by atoms with Gasteiger partial charge in [0, 0.05) is 11.9 Å². The minimum absolute atomic E-state index is 0.151. The summed E-state index contributed by atoms with van der Waals surface area (Å²) in [6, 6.07) is 18.1. The van der Waals surface area contributed by atoms with Crippen LogP contribution in [0.25, 0.3) is 10.9 Å². The third kappa shape index (κ3) is 4.87. The van der Waals surface area contributed by atoms with Crippen molar-refractivity contribution in [3.63, 3.8) is 0 Å². The molecule has 4 aromatic rings. The van der Waals surface area contributed by atoms with E-state index >= 15 is 0 Å². The molecule has 4 rings (SSSR count). The van der Waals surface area contributed by atoms with Crippen molar-refractivity contribution in [3.05, 3.63) is 101 Å². The van der Waals surface area contributed by atoms with E-state index in [1.54, 1.807) is 41.1 Å². The summed E-state index contributed by atoms with van der Waals surface area (Å²) in [6.45, 7) is 0.376. The first-order chi connectivity index (χ1) is 15.7. The van der Waals surface area contributed by atoms with Crippen molar-refractivity contribution < 1.29 is 27.9 Å². The molecule has 0 atom stereocenters. The van der Waals surface area contributed by atoms with E-state index in [1.807, 2.05) is 0 Å². The predicted molar refractivity (Wildman–Crippen MR) is 115 cm³/mol. The Morgan fingerprint density at radius 1 is 0.909 bits per heavy atom. The van der Waals surface area contributed by atoms with Gasteiger partial charge in [0.25, 0.3) is 5.91 Å². The number of nitrogens with one attached hydrogen (secondary N) is 1. The lowest BCUT2D eigenvalue weighted by atomic mass is 10.1. The van der Waals surface area contributed by atoms with Gasteiger partial charge in [0.15, 0.2) is 5.69 Å². The van der Waals surface area contributed by atoms with Crippen LogP contribution in [0.3, 0.4) is 0 Å². The molecule has 3 aromatic carbocycles. The maximum Gasteiger partial charge on any atom is 0.416 e. The molecule has 0 radical (unpaired) electrons. The number of amides is 1. The quantitative estimate of drug-likeness (QED) is 0.442. The first-order valence-corrected chi connectivity index (χ1v) is 9.94. The molecule has 1 amide bonds. The molecule has 0 saturated heterocycles. The number of benzene rings is 3. The van der Waals surface area contributed by atoms with E-state index in [1.165, 1.54) is 24.3 Å². The highest BCUT2D eigenvalue weighted by Crippen LogP contribution is 2.29. The van der Waals surface area contributed by atoms with Gasteiger partial charge < -0.3 is 10.4 Å². The Kier molecular flexibility index (Phi) is 5.87. The third-order valence-corrected chi connectivity index (χ3v) is 5.14. The first kappa shape index (κ1) is 22.1. The smallest absolute Gasteiger partial charge is 0.416 e. The highest BCUT2D eigenvalue weighted by molar-refractivity contribution is 6.04. The van der Waals surface area contributed by atoms with Gasteiger partial charge in [-0.15, -0.1) is 0 Å². The van der Waals surface area contributed by atoms with Crippen LogP contribution in [0.4, 0.5) is 13.2 Å². The molecular weight excluding hydrogens is 435 g/mol. The first-order valence-electron chi connectivity index (χ1n) is 9.94. The molecule has 0 aliphatic heterocycles. The standard InChI is InChI=1S/C24H18F3N3O3/c25-24(26,27)18-11-7-16(8-12-18)14-30-20-4-2-1-3-19(20)21(29-30)22(31)28-13-15-5-9-17(10-6-15)23(32)33/h1-12H,13-14H2,(H,28,31)(H,32,33). The molecule has 33 heavy (non-hydrogen) atoms. The number of rotatable bonds is 6. The van der Waals surface area contributed by atoms with E-state index in [0.29, 0.717) is 16.5 Å². The Labute approximate surface area is 186 Å². The molecule has 0 unspecified atom stereocenters. The summed E-state index contributed by atoms with van der Waals surface area (Å²) in [4.78, 5) is 23.8. The maximum absolute atomic E-state index is 12.8. The zero-order valence-electron chi connectivity index (χ0n) is 17.1. The van der Waals surface area contributed by atoms with Crippen molar-refractivity contribution in [1.82, 2.24) is 15.1 Å². The summed E-state index contributed by atoms with van der Waals surface area (Å²) in [6.07, 6.45) is -4.41. The van der Waals surface area contributed by atoms with Crippen LogP contribution in [-0.4, -0.2) is 26.8 Å². The average Bonchev–Trinajstić information content (AvgIpc) is 3.16. The minimum Gasteiger partial charge on any atom is -0.478 e. The van der Waals surface area contributed by atoms with Gasteiger partial charge in [-0.3, -0.25) is 9.48 Å². The van der Waals surface area contributed by atoms with Crippen LogP contribution in [0.15, 0.2) is 72.8 Å². The molecule has 1 heterocycles. The van der Waals surface area contributed by atoms with Gasteiger partial charge in [-0.2, -0.15) is 18.3 Å². The van der Waals surface area contributed by atoms with E-state index < -0.39 is 23.6 Å². The highest BCUT2D eigenvalue weighted by Gasteiger charge is 2.30. The third-order valence-electron chi connectivity index (χ3n) is 5.14. The van der Waals surface area contributed by atoms with Gasteiger partial charge in [-0.1, -0.05) is 42.5 Å². The topological polar surface area (TPSA) is 84.2 Å². The fourth-order valence-corrected chi connectivity index (χ4v) is 3.42. The van der Waals surface area contributed by atoms with Crippen LogP contribution >= 0.6 is 0 Å². The number of aromatic nitrogens is 2. The summed E-state index contributed by atoms with van der Waals surface area (Å²) in [5, 5.41) is 16.8. The van der Waals surface area contributed by atoms with Crippen molar-refractivity contribution >= 4 is 22.8 Å². The van der Waals surface area contributed by atoms with Crippen molar-refractivity contribution in [3.8, 4) is 0 Å². The van der Waals surface area contributed by atoms with Crippen LogP contribution in [-0.2, 0) is 19.3 Å². The Hall–Kier alpha value is -4.14. The maximum atomic E-state index is 12.8. The van der Waals surface area contributed by atoms with Crippen LogP contribution < -0.4 is 5.32 Å². The summed E-state index contributed by atoms with van der Waals surface area (Å²) < 4.78 is 40.0. The van der Waals surface area contributed by atoms with Gasteiger partial charge in [0.2, 0.25) is 0 Å². The number of para-hydroxylation sites is 1. The number of carbonyl (C=O) groups is 2. The Bertz CT molecular complexity index is 1310. The summed E-state index contributed by atoms with van der Waals surface area (Å²) in [7, 11) is 0. The average molecular weight is 453 g/mol. The second kappa shape index (κ2) is 8.78. The van der Waals surface area contributed by atoms with Crippen molar-refractivity contribution in [2.24, 2.45) is 0 Å².